The van der Waals surface area contributed by atoms with E-state index in [1.807, 2.05) is 20.8 Å². The van der Waals surface area contributed by atoms with Gasteiger partial charge in [-0.05, 0) is 50.7 Å². The lowest BCUT2D eigenvalue weighted by Crippen LogP contribution is -2.44. The first-order valence-electron chi connectivity index (χ1n) is 8.47. The molecule has 0 aromatic heterocycles. The maximum Gasteiger partial charge on any atom is 0.529 e. The van der Waals surface area contributed by atoms with E-state index >= 15 is 0 Å². The molecule has 7 nitrogen and oxygen atoms in total. The average Bonchev–Trinajstić information content (AvgIpc) is 2.61. The van der Waals surface area contributed by atoms with E-state index in [9.17, 15) is 8.42 Å². The molecule has 0 heterocycles. The molecular weight excluding hydrogens is 376 g/mol. The van der Waals surface area contributed by atoms with Crippen molar-refractivity contribution in [2.45, 2.75) is 25.7 Å². The van der Waals surface area contributed by atoms with Gasteiger partial charge >= 0.3 is 8.80 Å². The van der Waals surface area contributed by atoms with E-state index in [1.165, 1.54) is 25.3 Å². The van der Waals surface area contributed by atoms with Gasteiger partial charge in [-0.2, -0.15) is 0 Å². The number of hydrogen-bond donors (Lipinski definition) is 0. The van der Waals surface area contributed by atoms with Gasteiger partial charge in [-0.25, -0.2) is 8.42 Å². The molecule has 26 heavy (non-hydrogen) atoms. The Morgan fingerprint density at radius 1 is 0.962 bits per heavy atom. The van der Waals surface area contributed by atoms with Crippen LogP contribution in [-0.4, -0.2) is 56.7 Å². The quantitative estimate of drug-likeness (QED) is 0.369. The van der Waals surface area contributed by atoms with Crippen molar-refractivity contribution in [1.29, 1.82) is 0 Å². The van der Waals surface area contributed by atoms with Gasteiger partial charge in [-0.15, -0.1) is 0 Å². The first kappa shape index (κ1) is 22.8. The van der Waals surface area contributed by atoms with Crippen molar-refractivity contribution in [3.8, 4) is 5.75 Å². The van der Waals surface area contributed by atoms with E-state index in [1.54, 1.807) is 17.8 Å². The molecule has 1 aromatic rings. The van der Waals surface area contributed by atoms with Gasteiger partial charge in [0.05, 0.1) is 10.6 Å². The summed E-state index contributed by atoms with van der Waals surface area (Å²) in [5, 5.41) is 0. The number of ether oxygens (including phenoxy) is 2. The molecule has 9 heteroatoms. The van der Waals surface area contributed by atoms with E-state index in [4.69, 9.17) is 22.8 Å². The lowest BCUT2D eigenvalue weighted by atomic mass is 10.3. The molecule has 0 aliphatic carbocycles. The van der Waals surface area contributed by atoms with Gasteiger partial charge in [-0.1, -0.05) is 6.08 Å². The molecule has 0 fully saturated rings. The van der Waals surface area contributed by atoms with Crippen LogP contribution in [0, 0.1) is 0 Å². The molecule has 0 amide bonds. The summed E-state index contributed by atoms with van der Waals surface area (Å²) >= 11 is 0. The van der Waals surface area contributed by atoms with Crippen LogP contribution in [0.3, 0.4) is 0 Å². The summed E-state index contributed by atoms with van der Waals surface area (Å²) in [6.07, 6.45) is 1.54. The summed E-state index contributed by atoms with van der Waals surface area (Å²) in [6.45, 7) is 6.91. The zero-order valence-electron chi connectivity index (χ0n) is 15.8. The fourth-order valence-corrected chi connectivity index (χ4v) is 5.57. The predicted molar refractivity (Wildman–Crippen MR) is 101 cm³/mol. The van der Waals surface area contributed by atoms with Gasteiger partial charge in [-0.3, -0.25) is 0 Å². The Balaban J connectivity index is 2.85. The van der Waals surface area contributed by atoms with Crippen molar-refractivity contribution < 1.29 is 31.2 Å². The molecule has 0 aliphatic rings. The van der Waals surface area contributed by atoms with Crippen molar-refractivity contribution in [2.24, 2.45) is 0 Å². The summed E-state index contributed by atoms with van der Waals surface area (Å²) in [5.74, 6) is 0.365. The molecule has 0 aliphatic heterocycles. The number of hydrogen-bond acceptors (Lipinski definition) is 7. The summed E-state index contributed by atoms with van der Waals surface area (Å²) < 4.78 is 52.1. The highest BCUT2D eigenvalue weighted by Gasteiger charge is 2.37. The second kappa shape index (κ2) is 11.5. The number of methoxy groups -OCH3 is 1. The maximum atomic E-state index is 12.5. The largest absolute Gasteiger partial charge is 0.529 e. The molecule has 0 radical (unpaired) electrons. The van der Waals surface area contributed by atoms with E-state index in [0.717, 1.165) is 0 Å². The fourth-order valence-electron chi connectivity index (χ4n) is 2.16. The van der Waals surface area contributed by atoms with E-state index in [2.05, 4.69) is 0 Å². The van der Waals surface area contributed by atoms with Crippen molar-refractivity contribution in [2.75, 3.05) is 39.5 Å². The van der Waals surface area contributed by atoms with Crippen molar-refractivity contribution in [1.82, 2.24) is 0 Å². The Hall–Kier alpha value is -1.23. The molecule has 0 atom stereocenters. The van der Waals surface area contributed by atoms with Gasteiger partial charge in [0.25, 0.3) is 0 Å². The maximum absolute atomic E-state index is 12.5. The smallest absolute Gasteiger partial charge is 0.468 e. The summed E-state index contributed by atoms with van der Waals surface area (Å²) in [7, 11) is -4.97. The molecule has 0 bridgehead atoms. The Morgan fingerprint density at radius 2 is 1.50 bits per heavy atom. The molecule has 0 N–H and O–H groups in total. The van der Waals surface area contributed by atoms with Crippen LogP contribution in [0.25, 0.3) is 0 Å². The van der Waals surface area contributed by atoms with E-state index < -0.39 is 18.6 Å². The normalized spacial score (nSPS) is 12.6. The molecule has 1 aromatic carbocycles. The Bertz CT molecular complexity index is 627. The molecule has 0 unspecified atom stereocenters. The first-order chi connectivity index (χ1) is 12.4. The van der Waals surface area contributed by atoms with Crippen LogP contribution in [0.2, 0.25) is 0 Å². The zero-order valence-corrected chi connectivity index (χ0v) is 17.6. The van der Waals surface area contributed by atoms with Gasteiger partial charge in [0.2, 0.25) is 0 Å². The lowest BCUT2D eigenvalue weighted by Gasteiger charge is -2.25. The third-order valence-electron chi connectivity index (χ3n) is 3.20. The second-order valence-electron chi connectivity index (χ2n) is 5.11. The van der Waals surface area contributed by atoms with Crippen LogP contribution in [0.1, 0.15) is 20.8 Å². The Kier molecular flexibility index (Phi) is 10.1. The molecule has 0 spiro atoms. The van der Waals surface area contributed by atoms with Crippen LogP contribution >= 0.6 is 0 Å². The van der Waals surface area contributed by atoms with Gasteiger partial charge in [0.1, 0.15) is 5.75 Å². The number of sulfone groups is 1. The molecule has 148 valence electrons. The van der Waals surface area contributed by atoms with Gasteiger partial charge < -0.3 is 22.8 Å². The SMILES string of the molecule is CCO[Si](/C=C/CS(=O)(=O)c1ccc(OCOC)cc1)(OCC)OCC. The average molecular weight is 405 g/mol. The van der Waals surface area contributed by atoms with E-state index in [0.29, 0.717) is 25.6 Å². The Morgan fingerprint density at radius 3 is 1.96 bits per heavy atom. The third-order valence-corrected chi connectivity index (χ3v) is 7.54. The third kappa shape index (κ3) is 7.18. The minimum absolute atomic E-state index is 0.105. The minimum atomic E-state index is -3.48. The zero-order chi connectivity index (χ0) is 19.5. The molecule has 0 saturated carbocycles. The lowest BCUT2D eigenvalue weighted by molar-refractivity contribution is 0.0511. The number of benzene rings is 1. The molecule has 1 rings (SSSR count). The van der Waals surface area contributed by atoms with Crippen LogP contribution in [0.5, 0.6) is 5.75 Å². The van der Waals surface area contributed by atoms with Gasteiger partial charge in [0, 0.05) is 26.9 Å². The predicted octanol–water partition coefficient (Wildman–Crippen LogP) is 2.59. The molecular formula is C17H28O7SSi. The van der Waals surface area contributed by atoms with Crippen molar-refractivity contribution in [3.63, 3.8) is 0 Å². The highest BCUT2D eigenvalue weighted by atomic mass is 32.2. The van der Waals surface area contributed by atoms with Crippen LogP contribution in [0.15, 0.2) is 40.9 Å². The summed E-state index contributed by atoms with van der Waals surface area (Å²) in [5.41, 5.74) is 1.64. The second-order valence-corrected chi connectivity index (χ2v) is 9.55. The minimum Gasteiger partial charge on any atom is -0.468 e. The van der Waals surface area contributed by atoms with Crippen LogP contribution < -0.4 is 4.74 Å². The van der Waals surface area contributed by atoms with E-state index in [-0.39, 0.29) is 17.4 Å². The number of rotatable bonds is 13. The van der Waals surface area contributed by atoms with Crippen LogP contribution in [-0.2, 0) is 27.9 Å². The van der Waals surface area contributed by atoms with Crippen molar-refractivity contribution >= 4 is 18.6 Å². The Labute approximate surface area is 157 Å². The highest BCUT2D eigenvalue weighted by molar-refractivity contribution is 7.91. The fraction of sp³-hybridized carbons (Fsp3) is 0.529. The standard InChI is InChI=1S/C17H28O7SSi/c1-5-22-26(23-6-2,24-7-3)14-8-13-25(18,19)17-11-9-16(10-12-17)21-15-20-4/h8-12,14H,5-7,13,15H2,1-4H3/b14-8+. The van der Waals surface area contributed by atoms with Crippen LogP contribution in [0.4, 0.5) is 0 Å². The topological polar surface area (TPSA) is 80.3 Å². The van der Waals surface area contributed by atoms with Crippen molar-refractivity contribution in [3.05, 3.63) is 36.0 Å². The first-order valence-corrected chi connectivity index (χ1v) is 11.9. The molecule has 0 saturated heterocycles. The summed E-state index contributed by atoms with van der Waals surface area (Å²) in [6, 6.07) is 6.20. The monoisotopic (exact) mass is 404 g/mol. The summed E-state index contributed by atoms with van der Waals surface area (Å²) in [4.78, 5) is 0.211. The highest BCUT2D eigenvalue weighted by Crippen LogP contribution is 2.18. The van der Waals surface area contributed by atoms with Gasteiger partial charge in [0.15, 0.2) is 16.6 Å².